The third kappa shape index (κ3) is 1.57. The van der Waals surface area contributed by atoms with E-state index in [2.05, 4.69) is 0 Å². The SMILES string of the molecule is O=C1C=CC=C2C(=O)C(c3ccccc3)CC12. The molecule has 0 amide bonds. The van der Waals surface area contributed by atoms with E-state index in [1.807, 2.05) is 30.3 Å². The van der Waals surface area contributed by atoms with Crippen molar-refractivity contribution in [2.75, 3.05) is 0 Å². The van der Waals surface area contributed by atoms with E-state index < -0.39 is 0 Å². The summed E-state index contributed by atoms with van der Waals surface area (Å²) < 4.78 is 0. The van der Waals surface area contributed by atoms with Gasteiger partial charge in [0.15, 0.2) is 11.6 Å². The topological polar surface area (TPSA) is 34.1 Å². The van der Waals surface area contributed by atoms with Gasteiger partial charge < -0.3 is 0 Å². The Morgan fingerprint density at radius 1 is 1.00 bits per heavy atom. The van der Waals surface area contributed by atoms with Gasteiger partial charge in [0.1, 0.15) is 0 Å². The van der Waals surface area contributed by atoms with Crippen LogP contribution in [0.25, 0.3) is 0 Å². The van der Waals surface area contributed by atoms with E-state index in [-0.39, 0.29) is 23.4 Å². The van der Waals surface area contributed by atoms with Crippen LogP contribution in [0.3, 0.4) is 0 Å². The number of Topliss-reactive ketones (excluding diaryl/α,β-unsaturated/α-hetero) is 1. The van der Waals surface area contributed by atoms with Crippen molar-refractivity contribution >= 4 is 11.6 Å². The standard InChI is InChI=1S/C15H12O2/c16-14-8-4-7-11-13(14)9-12(15(11)17)10-5-2-1-3-6-10/h1-8,12-13H,9H2. The quantitative estimate of drug-likeness (QED) is 0.734. The number of rotatable bonds is 1. The lowest BCUT2D eigenvalue weighted by atomic mass is 9.92. The fourth-order valence-corrected chi connectivity index (χ4v) is 2.65. The molecule has 0 heterocycles. The van der Waals surface area contributed by atoms with Gasteiger partial charge in [-0.05, 0) is 18.1 Å². The second kappa shape index (κ2) is 3.81. The second-order valence-corrected chi connectivity index (χ2v) is 4.50. The molecule has 1 fully saturated rings. The molecule has 0 spiro atoms. The van der Waals surface area contributed by atoms with Crippen LogP contribution in [0, 0.1) is 5.92 Å². The number of allylic oxidation sites excluding steroid dienone is 4. The monoisotopic (exact) mass is 224 g/mol. The molecule has 3 rings (SSSR count). The molecule has 2 unspecified atom stereocenters. The van der Waals surface area contributed by atoms with Crippen molar-refractivity contribution < 1.29 is 9.59 Å². The van der Waals surface area contributed by atoms with Crippen LogP contribution in [-0.4, -0.2) is 11.6 Å². The number of ketones is 2. The molecular formula is C15H12O2. The van der Waals surface area contributed by atoms with Crippen molar-refractivity contribution in [2.45, 2.75) is 12.3 Å². The Labute approximate surface area is 99.6 Å². The first-order valence-corrected chi connectivity index (χ1v) is 5.78. The summed E-state index contributed by atoms with van der Waals surface area (Å²) in [6, 6.07) is 9.71. The van der Waals surface area contributed by atoms with Gasteiger partial charge in [0.2, 0.25) is 0 Å². The smallest absolute Gasteiger partial charge is 0.167 e. The fourth-order valence-electron chi connectivity index (χ4n) is 2.65. The predicted molar refractivity (Wildman–Crippen MR) is 64.5 cm³/mol. The second-order valence-electron chi connectivity index (χ2n) is 4.50. The highest BCUT2D eigenvalue weighted by molar-refractivity contribution is 6.12. The van der Waals surface area contributed by atoms with E-state index in [0.29, 0.717) is 12.0 Å². The molecule has 0 bridgehead atoms. The molecule has 2 nitrogen and oxygen atoms in total. The number of carbonyl (C=O) groups excluding carboxylic acids is 2. The number of hydrogen-bond acceptors (Lipinski definition) is 2. The van der Waals surface area contributed by atoms with Gasteiger partial charge >= 0.3 is 0 Å². The highest BCUT2D eigenvalue weighted by Gasteiger charge is 2.41. The summed E-state index contributed by atoms with van der Waals surface area (Å²) in [7, 11) is 0. The van der Waals surface area contributed by atoms with Gasteiger partial charge in [-0.15, -0.1) is 0 Å². The number of hydrogen-bond donors (Lipinski definition) is 0. The van der Waals surface area contributed by atoms with Crippen LogP contribution < -0.4 is 0 Å². The van der Waals surface area contributed by atoms with Crippen molar-refractivity contribution in [3.8, 4) is 0 Å². The van der Waals surface area contributed by atoms with Gasteiger partial charge in [-0.3, -0.25) is 9.59 Å². The summed E-state index contributed by atoms with van der Waals surface area (Å²) in [4.78, 5) is 23.9. The van der Waals surface area contributed by atoms with E-state index >= 15 is 0 Å². The Morgan fingerprint density at radius 2 is 1.76 bits per heavy atom. The molecule has 84 valence electrons. The van der Waals surface area contributed by atoms with E-state index in [9.17, 15) is 9.59 Å². The normalized spacial score (nSPS) is 26.9. The van der Waals surface area contributed by atoms with Crippen LogP contribution in [-0.2, 0) is 9.59 Å². The average molecular weight is 224 g/mol. The molecule has 2 aliphatic carbocycles. The van der Waals surface area contributed by atoms with E-state index in [1.165, 1.54) is 0 Å². The minimum absolute atomic E-state index is 0.0641. The molecule has 17 heavy (non-hydrogen) atoms. The Hall–Kier alpha value is -1.96. The maximum absolute atomic E-state index is 12.2. The van der Waals surface area contributed by atoms with E-state index in [4.69, 9.17) is 0 Å². The van der Waals surface area contributed by atoms with Crippen molar-refractivity contribution in [1.29, 1.82) is 0 Å². The first-order chi connectivity index (χ1) is 8.27. The third-order valence-electron chi connectivity index (χ3n) is 3.53. The molecule has 0 aliphatic heterocycles. The summed E-state index contributed by atoms with van der Waals surface area (Å²) in [5.41, 5.74) is 1.70. The molecule has 1 aromatic carbocycles. The van der Waals surface area contributed by atoms with Gasteiger partial charge in [0.05, 0.1) is 5.92 Å². The molecule has 0 radical (unpaired) electrons. The Bertz CT molecular complexity index is 537. The number of fused-ring (bicyclic) bond motifs is 1. The molecule has 2 atom stereocenters. The molecular weight excluding hydrogens is 212 g/mol. The highest BCUT2D eigenvalue weighted by atomic mass is 16.1. The van der Waals surface area contributed by atoms with Crippen LogP contribution in [0.2, 0.25) is 0 Å². The maximum atomic E-state index is 12.2. The minimum Gasteiger partial charge on any atom is -0.294 e. The Morgan fingerprint density at radius 3 is 2.47 bits per heavy atom. The summed E-state index contributed by atoms with van der Waals surface area (Å²) >= 11 is 0. The molecule has 1 saturated carbocycles. The van der Waals surface area contributed by atoms with Crippen LogP contribution in [0.4, 0.5) is 0 Å². The third-order valence-corrected chi connectivity index (χ3v) is 3.53. The zero-order chi connectivity index (χ0) is 11.8. The van der Waals surface area contributed by atoms with Gasteiger partial charge in [-0.1, -0.05) is 42.5 Å². The molecule has 0 aromatic heterocycles. The van der Waals surface area contributed by atoms with Crippen molar-refractivity contribution in [3.63, 3.8) is 0 Å². The lowest BCUT2D eigenvalue weighted by molar-refractivity contribution is -0.118. The molecule has 0 saturated heterocycles. The van der Waals surface area contributed by atoms with E-state index in [0.717, 1.165) is 5.56 Å². The summed E-state index contributed by atoms with van der Waals surface area (Å²) in [5.74, 6) is -0.179. The van der Waals surface area contributed by atoms with Crippen molar-refractivity contribution in [1.82, 2.24) is 0 Å². The van der Waals surface area contributed by atoms with Gasteiger partial charge in [0, 0.05) is 11.5 Å². The highest BCUT2D eigenvalue weighted by Crippen LogP contribution is 2.40. The first kappa shape index (κ1) is 10.2. The van der Waals surface area contributed by atoms with Crippen LogP contribution in [0.5, 0.6) is 0 Å². The maximum Gasteiger partial charge on any atom is 0.167 e. The zero-order valence-electron chi connectivity index (χ0n) is 9.30. The lowest BCUT2D eigenvalue weighted by Gasteiger charge is -2.09. The number of benzene rings is 1. The summed E-state index contributed by atoms with van der Waals surface area (Å²) in [6.07, 6.45) is 5.66. The largest absolute Gasteiger partial charge is 0.294 e. The van der Waals surface area contributed by atoms with Crippen LogP contribution in [0.15, 0.2) is 54.1 Å². The van der Waals surface area contributed by atoms with Crippen LogP contribution >= 0.6 is 0 Å². The van der Waals surface area contributed by atoms with Gasteiger partial charge in [-0.25, -0.2) is 0 Å². The zero-order valence-corrected chi connectivity index (χ0v) is 9.30. The van der Waals surface area contributed by atoms with Crippen LogP contribution in [0.1, 0.15) is 17.9 Å². The molecule has 1 aromatic rings. The molecule has 2 heteroatoms. The Balaban J connectivity index is 1.98. The lowest BCUT2D eigenvalue weighted by Crippen LogP contribution is -2.14. The van der Waals surface area contributed by atoms with E-state index in [1.54, 1.807) is 18.2 Å². The summed E-state index contributed by atoms with van der Waals surface area (Å²) in [6.45, 7) is 0. The minimum atomic E-state index is -0.210. The first-order valence-electron chi connectivity index (χ1n) is 5.78. The van der Waals surface area contributed by atoms with Crippen molar-refractivity contribution in [2.24, 2.45) is 5.92 Å². The molecule has 0 N–H and O–H groups in total. The molecule has 2 aliphatic rings. The van der Waals surface area contributed by atoms with Gasteiger partial charge in [0.25, 0.3) is 0 Å². The predicted octanol–water partition coefficient (Wildman–Crippen LogP) is 2.42. The fraction of sp³-hybridized carbons (Fsp3) is 0.200. The summed E-state index contributed by atoms with van der Waals surface area (Å²) in [5, 5.41) is 0. The van der Waals surface area contributed by atoms with Crippen molar-refractivity contribution in [3.05, 3.63) is 59.7 Å². The van der Waals surface area contributed by atoms with Gasteiger partial charge in [-0.2, -0.15) is 0 Å². The number of carbonyl (C=O) groups is 2. The average Bonchev–Trinajstić information content (AvgIpc) is 2.70. The Kier molecular flexibility index (Phi) is 2.29.